The molecule has 0 aliphatic heterocycles. The van der Waals surface area contributed by atoms with Crippen LogP contribution in [0.3, 0.4) is 0 Å². The van der Waals surface area contributed by atoms with E-state index in [9.17, 15) is 4.79 Å². The number of thiazole rings is 1. The molecule has 3 heteroatoms. The molecule has 0 radical (unpaired) electrons. The molecule has 1 rings (SSSR count). The van der Waals surface area contributed by atoms with Crippen LogP contribution in [0.25, 0.3) is 0 Å². The van der Waals surface area contributed by atoms with Gasteiger partial charge in [-0.1, -0.05) is 19.8 Å². The Morgan fingerprint density at radius 3 is 2.60 bits per heavy atom. The minimum atomic E-state index is 0.331. The molecular formula is C12H19NOS. The molecule has 1 aromatic rings. The van der Waals surface area contributed by atoms with E-state index in [1.807, 2.05) is 6.92 Å². The lowest BCUT2D eigenvalue weighted by atomic mass is 10.1. The summed E-state index contributed by atoms with van der Waals surface area (Å²) in [5.41, 5.74) is 1.07. The first kappa shape index (κ1) is 12.4. The van der Waals surface area contributed by atoms with Crippen molar-refractivity contribution in [3.05, 3.63) is 15.6 Å². The highest BCUT2D eigenvalue weighted by Gasteiger charge is 2.08. The average molecular weight is 225 g/mol. The number of ketones is 1. The summed E-state index contributed by atoms with van der Waals surface area (Å²) in [5, 5.41) is 0.978. The molecule has 0 saturated heterocycles. The number of rotatable bonds is 6. The Morgan fingerprint density at radius 2 is 2.07 bits per heavy atom. The number of Topliss-reactive ketones (excluding diaryl/α,β-unsaturated/α-hetero) is 1. The molecule has 0 aliphatic rings. The smallest absolute Gasteiger partial charge is 0.139 e. The molecule has 0 amide bonds. The zero-order chi connectivity index (χ0) is 11.3. The normalized spacial score (nSPS) is 10.6. The highest BCUT2D eigenvalue weighted by molar-refractivity contribution is 7.11. The van der Waals surface area contributed by atoms with Crippen LogP contribution in [0.1, 0.15) is 48.2 Å². The standard InChI is InChI=1S/C12H19NOS/c1-4-5-6-7-11(14)8-12-13-9(2)10(3)15-12/h4-8H2,1-3H3. The van der Waals surface area contributed by atoms with E-state index in [-0.39, 0.29) is 0 Å². The molecule has 1 aromatic heterocycles. The number of carbonyl (C=O) groups is 1. The summed E-state index contributed by atoms with van der Waals surface area (Å²) in [6, 6.07) is 0. The van der Waals surface area contributed by atoms with Crippen LogP contribution in [-0.2, 0) is 11.2 Å². The fourth-order valence-electron chi connectivity index (χ4n) is 1.44. The minimum Gasteiger partial charge on any atom is -0.299 e. The van der Waals surface area contributed by atoms with Crippen molar-refractivity contribution in [2.24, 2.45) is 0 Å². The van der Waals surface area contributed by atoms with Crippen LogP contribution >= 0.6 is 11.3 Å². The fraction of sp³-hybridized carbons (Fsp3) is 0.667. The van der Waals surface area contributed by atoms with E-state index in [1.165, 1.54) is 11.3 Å². The second-order valence-electron chi connectivity index (χ2n) is 3.92. The van der Waals surface area contributed by atoms with Gasteiger partial charge in [-0.3, -0.25) is 4.79 Å². The number of carbonyl (C=O) groups excluding carboxylic acids is 1. The second-order valence-corrected chi connectivity index (χ2v) is 5.21. The SMILES string of the molecule is CCCCCC(=O)Cc1nc(C)c(C)s1. The summed E-state index contributed by atoms with van der Waals surface area (Å²) in [7, 11) is 0. The maximum atomic E-state index is 11.6. The summed E-state index contributed by atoms with van der Waals surface area (Å²) < 4.78 is 0. The van der Waals surface area contributed by atoms with Gasteiger partial charge >= 0.3 is 0 Å². The number of hydrogen-bond acceptors (Lipinski definition) is 3. The van der Waals surface area contributed by atoms with Crippen LogP contribution in [0.2, 0.25) is 0 Å². The van der Waals surface area contributed by atoms with Gasteiger partial charge in [0.25, 0.3) is 0 Å². The van der Waals surface area contributed by atoms with Crippen molar-refractivity contribution in [3.63, 3.8) is 0 Å². The maximum Gasteiger partial charge on any atom is 0.139 e. The third-order valence-corrected chi connectivity index (χ3v) is 3.55. The Morgan fingerprint density at radius 1 is 1.33 bits per heavy atom. The third kappa shape index (κ3) is 4.12. The summed E-state index contributed by atoms with van der Waals surface area (Å²) in [4.78, 5) is 17.2. The van der Waals surface area contributed by atoms with Crippen LogP contribution in [0, 0.1) is 13.8 Å². The van der Waals surface area contributed by atoms with E-state index in [4.69, 9.17) is 0 Å². The van der Waals surface area contributed by atoms with Gasteiger partial charge in [0.2, 0.25) is 0 Å². The molecule has 0 spiro atoms. The Labute approximate surface area is 95.7 Å². The van der Waals surface area contributed by atoms with Gasteiger partial charge in [0.05, 0.1) is 12.1 Å². The number of hydrogen-bond donors (Lipinski definition) is 0. The quantitative estimate of drug-likeness (QED) is 0.694. The van der Waals surface area contributed by atoms with Crippen LogP contribution in [0.15, 0.2) is 0 Å². The lowest BCUT2D eigenvalue weighted by Gasteiger charge is -1.97. The average Bonchev–Trinajstić information content (AvgIpc) is 2.46. The van der Waals surface area contributed by atoms with Crippen LogP contribution in [0.4, 0.5) is 0 Å². The van der Waals surface area contributed by atoms with Crippen LogP contribution < -0.4 is 0 Å². The molecular weight excluding hydrogens is 206 g/mol. The molecule has 0 aromatic carbocycles. The summed E-state index contributed by atoms with van der Waals surface area (Å²) in [6.07, 6.45) is 4.59. The Hall–Kier alpha value is -0.700. The van der Waals surface area contributed by atoms with Gasteiger partial charge in [0.1, 0.15) is 10.8 Å². The van der Waals surface area contributed by atoms with Gasteiger partial charge in [-0.2, -0.15) is 0 Å². The van der Waals surface area contributed by atoms with E-state index in [2.05, 4.69) is 18.8 Å². The van der Waals surface area contributed by atoms with E-state index in [0.29, 0.717) is 18.6 Å². The third-order valence-electron chi connectivity index (χ3n) is 2.48. The predicted octanol–water partition coefficient (Wildman–Crippen LogP) is 3.45. The van der Waals surface area contributed by atoms with Gasteiger partial charge in [-0.25, -0.2) is 4.98 Å². The zero-order valence-corrected chi connectivity index (χ0v) is 10.6. The predicted molar refractivity (Wildman–Crippen MR) is 64.4 cm³/mol. The Kier molecular flexibility index (Phi) is 4.95. The Balaban J connectivity index is 2.37. The minimum absolute atomic E-state index is 0.331. The molecule has 84 valence electrons. The summed E-state index contributed by atoms with van der Waals surface area (Å²) in [5.74, 6) is 0.331. The molecule has 0 unspecified atom stereocenters. The van der Waals surface area contributed by atoms with Crippen molar-refractivity contribution in [1.82, 2.24) is 4.98 Å². The summed E-state index contributed by atoms with van der Waals surface area (Å²) >= 11 is 1.65. The fourth-order valence-corrected chi connectivity index (χ4v) is 2.41. The Bertz CT molecular complexity index is 311. The topological polar surface area (TPSA) is 30.0 Å². The monoisotopic (exact) mass is 225 g/mol. The van der Waals surface area contributed by atoms with Gasteiger partial charge in [0, 0.05) is 11.3 Å². The van der Waals surface area contributed by atoms with Crippen molar-refractivity contribution in [2.45, 2.75) is 52.9 Å². The van der Waals surface area contributed by atoms with Gasteiger partial charge in [-0.05, 0) is 20.3 Å². The van der Waals surface area contributed by atoms with E-state index >= 15 is 0 Å². The van der Waals surface area contributed by atoms with Gasteiger partial charge in [0.15, 0.2) is 0 Å². The van der Waals surface area contributed by atoms with Crippen molar-refractivity contribution in [3.8, 4) is 0 Å². The molecule has 15 heavy (non-hydrogen) atoms. The van der Waals surface area contributed by atoms with Crippen molar-refractivity contribution in [2.75, 3.05) is 0 Å². The highest BCUT2D eigenvalue weighted by atomic mass is 32.1. The van der Waals surface area contributed by atoms with Crippen molar-refractivity contribution in [1.29, 1.82) is 0 Å². The molecule has 0 saturated carbocycles. The van der Waals surface area contributed by atoms with Gasteiger partial charge < -0.3 is 0 Å². The van der Waals surface area contributed by atoms with Crippen LogP contribution in [-0.4, -0.2) is 10.8 Å². The summed E-state index contributed by atoms with van der Waals surface area (Å²) in [6.45, 7) is 6.20. The van der Waals surface area contributed by atoms with E-state index in [0.717, 1.165) is 23.5 Å². The van der Waals surface area contributed by atoms with E-state index < -0.39 is 0 Å². The molecule has 1 heterocycles. The molecule has 2 nitrogen and oxygen atoms in total. The largest absolute Gasteiger partial charge is 0.299 e. The van der Waals surface area contributed by atoms with E-state index in [1.54, 1.807) is 11.3 Å². The van der Waals surface area contributed by atoms with Crippen molar-refractivity contribution < 1.29 is 4.79 Å². The van der Waals surface area contributed by atoms with Crippen molar-refractivity contribution >= 4 is 17.1 Å². The molecule has 0 aliphatic carbocycles. The number of nitrogens with zero attached hydrogens (tertiary/aromatic N) is 1. The first-order valence-corrected chi connectivity index (χ1v) is 6.39. The van der Waals surface area contributed by atoms with Gasteiger partial charge in [-0.15, -0.1) is 11.3 Å². The maximum absolute atomic E-state index is 11.6. The highest BCUT2D eigenvalue weighted by Crippen LogP contribution is 2.17. The molecule has 0 bridgehead atoms. The molecule has 0 atom stereocenters. The first-order valence-electron chi connectivity index (χ1n) is 5.58. The molecule has 0 N–H and O–H groups in total. The number of aryl methyl sites for hydroxylation is 2. The second kappa shape index (κ2) is 6.01. The molecule has 0 fully saturated rings. The first-order chi connectivity index (χ1) is 7.13. The zero-order valence-electron chi connectivity index (χ0n) is 9.80. The lowest BCUT2D eigenvalue weighted by Crippen LogP contribution is -2.02. The van der Waals surface area contributed by atoms with Crippen LogP contribution in [0.5, 0.6) is 0 Å². The number of unbranched alkanes of at least 4 members (excludes halogenated alkanes) is 2. The number of aromatic nitrogens is 1. The lowest BCUT2D eigenvalue weighted by molar-refractivity contribution is -0.118.